The number of phenols is 1. The lowest BCUT2D eigenvalue weighted by Gasteiger charge is -2.36. The van der Waals surface area contributed by atoms with E-state index in [0.717, 1.165) is 74.0 Å². The first-order valence-electron chi connectivity index (χ1n) is 16.1. The van der Waals surface area contributed by atoms with Gasteiger partial charge >= 0.3 is 5.97 Å². The molecule has 0 bridgehead atoms. The van der Waals surface area contributed by atoms with Crippen molar-refractivity contribution in [1.82, 2.24) is 25.3 Å². The predicted octanol–water partition coefficient (Wildman–Crippen LogP) is 5.69. The number of fused-ring (bicyclic) bond motifs is 1. The van der Waals surface area contributed by atoms with Crippen molar-refractivity contribution in [2.24, 2.45) is 5.92 Å². The minimum Gasteiger partial charge on any atom is -0.507 e. The summed E-state index contributed by atoms with van der Waals surface area (Å²) in [5.41, 5.74) is 3.61. The summed E-state index contributed by atoms with van der Waals surface area (Å²) < 4.78 is 5.44. The summed E-state index contributed by atoms with van der Waals surface area (Å²) in [6.07, 6.45) is 5.84. The lowest BCUT2D eigenvalue weighted by Crippen LogP contribution is -2.46. The number of para-hydroxylation sites is 1. The molecule has 12 nitrogen and oxygen atoms in total. The zero-order valence-electron chi connectivity index (χ0n) is 26.7. The molecule has 1 aromatic carbocycles. The Morgan fingerprint density at radius 3 is 2.34 bits per heavy atom. The van der Waals surface area contributed by atoms with Crippen LogP contribution in [-0.4, -0.2) is 80.8 Å². The first-order chi connectivity index (χ1) is 22.8. The topological polar surface area (TPSA) is 145 Å². The Bertz CT molecular complexity index is 1870. The maximum atomic E-state index is 11.7. The first-order valence-corrected chi connectivity index (χ1v) is 16.9. The zero-order chi connectivity index (χ0) is 32.7. The van der Waals surface area contributed by atoms with Crippen LogP contribution in [0.3, 0.4) is 0 Å². The highest BCUT2D eigenvalue weighted by molar-refractivity contribution is 7.18. The number of aromatic hydroxyl groups is 1. The number of aromatic nitrogens is 5. The number of aliphatic carboxylic acids is 1. The van der Waals surface area contributed by atoms with Crippen molar-refractivity contribution in [3.05, 3.63) is 65.0 Å². The van der Waals surface area contributed by atoms with Crippen LogP contribution in [0.25, 0.3) is 21.5 Å². The molecule has 7 rings (SSSR count). The molecule has 244 valence electrons. The molecule has 4 aromatic heterocycles. The average molecular weight is 655 g/mol. The molecule has 1 unspecified atom stereocenters. The Morgan fingerprint density at radius 1 is 0.957 bits per heavy atom. The predicted molar refractivity (Wildman–Crippen MR) is 182 cm³/mol. The van der Waals surface area contributed by atoms with Gasteiger partial charge < -0.3 is 29.4 Å². The number of phenolic OH excluding ortho intramolecular Hbond substituents is 1. The molecule has 0 aliphatic carbocycles. The number of hydrogen-bond acceptors (Lipinski definition) is 12. The zero-order valence-corrected chi connectivity index (χ0v) is 27.5. The average Bonchev–Trinajstić information content (AvgIpc) is 3.69. The fourth-order valence-electron chi connectivity index (χ4n) is 6.74. The molecule has 47 heavy (non-hydrogen) atoms. The Morgan fingerprint density at radius 2 is 1.66 bits per heavy atom. The lowest BCUT2D eigenvalue weighted by molar-refractivity contribution is -0.140. The summed E-state index contributed by atoms with van der Waals surface area (Å²) in [5.74, 6) is 0.774. The fraction of sp³-hybridized carbons (Fsp3) is 0.412. The van der Waals surface area contributed by atoms with Gasteiger partial charge in [-0.05, 0) is 55.4 Å². The van der Waals surface area contributed by atoms with Crippen molar-refractivity contribution in [3.8, 4) is 17.0 Å². The molecule has 2 fully saturated rings. The van der Waals surface area contributed by atoms with Crippen molar-refractivity contribution in [2.75, 3.05) is 54.0 Å². The summed E-state index contributed by atoms with van der Waals surface area (Å²) in [6, 6.07) is 11.0. The van der Waals surface area contributed by atoms with Gasteiger partial charge in [0.1, 0.15) is 16.5 Å². The smallest absolute Gasteiger partial charge is 0.314 e. The van der Waals surface area contributed by atoms with Crippen LogP contribution in [0.2, 0.25) is 0 Å². The molecule has 2 aliphatic heterocycles. The van der Waals surface area contributed by atoms with Crippen LogP contribution in [-0.2, 0) is 4.79 Å². The molecule has 2 N–H and O–H groups in total. The van der Waals surface area contributed by atoms with Crippen molar-refractivity contribution >= 4 is 45.0 Å². The first kappa shape index (κ1) is 30.9. The van der Waals surface area contributed by atoms with Crippen molar-refractivity contribution in [1.29, 1.82) is 0 Å². The number of aryl methyl sites for hydroxylation is 1. The number of hydrogen-bond donors (Lipinski definition) is 2. The highest BCUT2D eigenvalue weighted by Crippen LogP contribution is 2.41. The van der Waals surface area contributed by atoms with E-state index in [2.05, 4.69) is 37.0 Å². The standard InChI is InChI=1S/C34H38N8O4S/c1-20(2)30(33(44)45)28-17-29(39-46-28)41-14-12-40(13-15-41)23-18-35-34(36-19-23)42-10-8-22(9-11-42)31-21(3)25-16-26(37-38-32(25)47-31)24-6-4-5-7-27(24)43/h4-7,16-20,22,30,43H,8-15H2,1-3H3,(H,44,45). The van der Waals surface area contributed by atoms with Gasteiger partial charge in [0.05, 0.1) is 23.8 Å². The van der Waals surface area contributed by atoms with Crippen LogP contribution in [0.15, 0.2) is 53.3 Å². The minimum atomic E-state index is -0.900. The van der Waals surface area contributed by atoms with Gasteiger partial charge in [0, 0.05) is 61.2 Å². The van der Waals surface area contributed by atoms with E-state index < -0.39 is 11.9 Å². The quantitative estimate of drug-likeness (QED) is 0.212. The Hall–Kier alpha value is -4.78. The third-order valence-corrected chi connectivity index (χ3v) is 10.8. The molecule has 2 saturated heterocycles. The molecule has 13 heteroatoms. The molecule has 0 amide bonds. The van der Waals surface area contributed by atoms with E-state index >= 15 is 0 Å². The summed E-state index contributed by atoms with van der Waals surface area (Å²) in [5, 5.41) is 34.1. The second-order valence-electron chi connectivity index (χ2n) is 12.7. The largest absolute Gasteiger partial charge is 0.507 e. The molecule has 1 atom stereocenters. The third-order valence-electron chi connectivity index (χ3n) is 9.42. The Labute approximate surface area is 276 Å². The van der Waals surface area contributed by atoms with Gasteiger partial charge in [-0.2, -0.15) is 0 Å². The van der Waals surface area contributed by atoms with Crippen LogP contribution < -0.4 is 14.7 Å². The molecule has 5 aromatic rings. The molecule has 6 heterocycles. The van der Waals surface area contributed by atoms with Crippen LogP contribution in [0.1, 0.15) is 54.7 Å². The summed E-state index contributed by atoms with van der Waals surface area (Å²) >= 11 is 1.73. The maximum Gasteiger partial charge on any atom is 0.314 e. The van der Waals surface area contributed by atoms with Crippen LogP contribution in [0, 0.1) is 12.8 Å². The van der Waals surface area contributed by atoms with E-state index in [4.69, 9.17) is 14.5 Å². The third kappa shape index (κ3) is 6.07. The molecule has 0 radical (unpaired) electrons. The second-order valence-corrected chi connectivity index (χ2v) is 13.7. The van der Waals surface area contributed by atoms with Crippen LogP contribution >= 0.6 is 11.3 Å². The van der Waals surface area contributed by atoms with Crippen LogP contribution in [0.5, 0.6) is 5.75 Å². The van der Waals surface area contributed by atoms with Crippen LogP contribution in [0.4, 0.5) is 17.5 Å². The highest BCUT2D eigenvalue weighted by Gasteiger charge is 2.30. The van der Waals surface area contributed by atoms with E-state index in [9.17, 15) is 15.0 Å². The van der Waals surface area contributed by atoms with Gasteiger partial charge in [-0.1, -0.05) is 31.1 Å². The number of piperazine rings is 1. The number of carbonyl (C=O) groups is 1. The summed E-state index contributed by atoms with van der Waals surface area (Å²) in [4.78, 5) is 30.1. The fourth-order valence-corrected chi connectivity index (χ4v) is 8.01. The number of anilines is 3. The Kier molecular flexibility index (Phi) is 8.39. The number of nitrogens with zero attached hydrogens (tertiary/aromatic N) is 8. The lowest BCUT2D eigenvalue weighted by atomic mass is 9.92. The van der Waals surface area contributed by atoms with Gasteiger partial charge in [0.25, 0.3) is 0 Å². The van der Waals surface area contributed by atoms with Gasteiger partial charge in [-0.3, -0.25) is 4.79 Å². The van der Waals surface area contributed by atoms with Crippen molar-refractivity contribution in [3.63, 3.8) is 0 Å². The SMILES string of the molecule is Cc1c(C2CCN(c3ncc(N4CCN(c5cc(C(C(=O)O)C(C)C)on5)CC4)cn3)CC2)sc2nnc(-c3ccccc3O)cc12. The highest BCUT2D eigenvalue weighted by atomic mass is 32.1. The van der Waals surface area contributed by atoms with Crippen molar-refractivity contribution in [2.45, 2.75) is 45.4 Å². The summed E-state index contributed by atoms with van der Waals surface area (Å²) in [6.45, 7) is 10.7. The van der Waals surface area contributed by atoms with E-state index in [1.54, 1.807) is 29.5 Å². The molecular formula is C34H38N8O4S. The van der Waals surface area contributed by atoms with Crippen molar-refractivity contribution < 1.29 is 19.5 Å². The van der Waals surface area contributed by atoms with Gasteiger partial charge in [0.2, 0.25) is 5.95 Å². The van der Waals surface area contributed by atoms with E-state index in [0.29, 0.717) is 28.8 Å². The van der Waals surface area contributed by atoms with E-state index in [1.807, 2.05) is 44.4 Å². The monoisotopic (exact) mass is 654 g/mol. The number of piperidine rings is 1. The molecule has 0 saturated carbocycles. The summed E-state index contributed by atoms with van der Waals surface area (Å²) in [7, 11) is 0. The number of benzene rings is 1. The van der Waals surface area contributed by atoms with Gasteiger partial charge in [0.15, 0.2) is 11.6 Å². The number of carboxylic acid groups (broad SMARTS) is 1. The Balaban J connectivity index is 0.950. The number of rotatable bonds is 8. The van der Waals surface area contributed by atoms with E-state index in [-0.39, 0.29) is 11.7 Å². The van der Waals surface area contributed by atoms with Gasteiger partial charge in [-0.15, -0.1) is 21.5 Å². The number of carboxylic acids is 1. The molecule has 2 aliphatic rings. The molecular weight excluding hydrogens is 616 g/mol. The second kappa shape index (κ2) is 12.8. The normalized spacial score (nSPS) is 16.7. The maximum absolute atomic E-state index is 11.7. The molecule has 0 spiro atoms. The minimum absolute atomic E-state index is 0.0905. The van der Waals surface area contributed by atoms with Gasteiger partial charge in [-0.25, -0.2) is 9.97 Å². The number of thiophene rings is 1. The van der Waals surface area contributed by atoms with E-state index in [1.165, 1.54) is 10.4 Å².